The summed E-state index contributed by atoms with van der Waals surface area (Å²) in [5, 5.41) is 3.00. The summed E-state index contributed by atoms with van der Waals surface area (Å²) in [5.41, 5.74) is 6.02. The lowest BCUT2D eigenvalue weighted by atomic mass is 10.2. The van der Waals surface area contributed by atoms with Crippen molar-refractivity contribution in [2.45, 2.75) is 27.2 Å². The van der Waals surface area contributed by atoms with E-state index in [0.29, 0.717) is 6.54 Å². The number of hydrogen-bond donors (Lipinski definition) is 1. The molecule has 0 atom stereocenters. The van der Waals surface area contributed by atoms with Gasteiger partial charge in [-0.15, -0.1) is 0 Å². The first-order chi connectivity index (χ1) is 12.1. The van der Waals surface area contributed by atoms with Gasteiger partial charge in [-0.3, -0.25) is 9.78 Å². The zero-order valence-corrected chi connectivity index (χ0v) is 14.9. The van der Waals surface area contributed by atoms with E-state index in [2.05, 4.69) is 33.9 Å². The van der Waals surface area contributed by atoms with Crippen molar-refractivity contribution >= 4 is 5.91 Å². The van der Waals surface area contributed by atoms with Crippen LogP contribution in [0, 0.1) is 20.8 Å². The Hall–Kier alpha value is -2.88. The molecule has 0 bridgehead atoms. The molecule has 0 aliphatic carbocycles. The van der Waals surface area contributed by atoms with E-state index in [0.717, 1.165) is 34.8 Å². The summed E-state index contributed by atoms with van der Waals surface area (Å²) >= 11 is 0. The second-order valence-corrected chi connectivity index (χ2v) is 6.23. The molecule has 1 amide bonds. The second-order valence-electron chi connectivity index (χ2n) is 6.23. The number of carbonyl (C=O) groups is 1. The SMILES string of the molecule is Cc1ccccc1-n1c(C)cc(C(=O)NCCc2ccccn2)c1C. The molecule has 0 saturated heterocycles. The van der Waals surface area contributed by atoms with E-state index >= 15 is 0 Å². The molecule has 2 heterocycles. The first kappa shape index (κ1) is 17.0. The second kappa shape index (κ2) is 7.34. The largest absolute Gasteiger partial charge is 0.352 e. The minimum absolute atomic E-state index is 0.0381. The maximum atomic E-state index is 12.6. The molecule has 0 aliphatic heterocycles. The van der Waals surface area contributed by atoms with E-state index in [4.69, 9.17) is 0 Å². The number of amides is 1. The third-order valence-electron chi connectivity index (χ3n) is 4.42. The molecule has 4 heteroatoms. The van der Waals surface area contributed by atoms with Gasteiger partial charge in [0, 0.05) is 41.9 Å². The highest BCUT2D eigenvalue weighted by Crippen LogP contribution is 2.23. The molecule has 2 aromatic heterocycles. The number of nitrogens with zero attached hydrogens (tertiary/aromatic N) is 2. The smallest absolute Gasteiger partial charge is 0.253 e. The zero-order valence-electron chi connectivity index (χ0n) is 14.9. The summed E-state index contributed by atoms with van der Waals surface area (Å²) in [6, 6.07) is 16.0. The van der Waals surface area contributed by atoms with E-state index in [1.54, 1.807) is 6.20 Å². The molecule has 1 aromatic carbocycles. The van der Waals surface area contributed by atoms with Crippen molar-refractivity contribution in [2.75, 3.05) is 6.54 Å². The average Bonchev–Trinajstić information content (AvgIpc) is 2.91. The lowest BCUT2D eigenvalue weighted by Gasteiger charge is -2.12. The standard InChI is InChI=1S/C21H23N3O/c1-15-8-4-5-10-20(15)24-16(2)14-19(17(24)3)21(25)23-13-11-18-9-6-7-12-22-18/h4-10,12,14H,11,13H2,1-3H3,(H,23,25). The zero-order chi connectivity index (χ0) is 17.8. The molecule has 0 saturated carbocycles. The van der Waals surface area contributed by atoms with Crippen LogP contribution in [0.2, 0.25) is 0 Å². The number of para-hydroxylation sites is 1. The molecule has 0 unspecified atom stereocenters. The van der Waals surface area contributed by atoms with E-state index in [9.17, 15) is 4.79 Å². The normalized spacial score (nSPS) is 10.7. The number of pyridine rings is 1. The van der Waals surface area contributed by atoms with Crippen LogP contribution in [-0.2, 0) is 6.42 Å². The van der Waals surface area contributed by atoms with Gasteiger partial charge in [0.1, 0.15) is 0 Å². The van der Waals surface area contributed by atoms with Crippen LogP contribution in [0.25, 0.3) is 5.69 Å². The van der Waals surface area contributed by atoms with Gasteiger partial charge in [0.15, 0.2) is 0 Å². The fourth-order valence-electron chi connectivity index (χ4n) is 3.12. The van der Waals surface area contributed by atoms with Crippen LogP contribution in [-0.4, -0.2) is 22.0 Å². The Balaban J connectivity index is 1.76. The predicted octanol–water partition coefficient (Wildman–Crippen LogP) is 3.77. The summed E-state index contributed by atoms with van der Waals surface area (Å²) in [6.07, 6.45) is 2.50. The highest BCUT2D eigenvalue weighted by atomic mass is 16.1. The quantitative estimate of drug-likeness (QED) is 0.772. The van der Waals surface area contributed by atoms with Gasteiger partial charge in [-0.05, 0) is 50.6 Å². The van der Waals surface area contributed by atoms with Gasteiger partial charge in [-0.1, -0.05) is 24.3 Å². The number of nitrogens with one attached hydrogen (secondary N) is 1. The van der Waals surface area contributed by atoms with Crippen LogP contribution < -0.4 is 5.32 Å². The highest BCUT2D eigenvalue weighted by molar-refractivity contribution is 5.95. The van der Waals surface area contributed by atoms with E-state index in [1.807, 2.05) is 50.2 Å². The van der Waals surface area contributed by atoms with E-state index in [1.165, 1.54) is 5.56 Å². The van der Waals surface area contributed by atoms with Crippen LogP contribution in [0.3, 0.4) is 0 Å². The Morgan fingerprint density at radius 2 is 1.84 bits per heavy atom. The fraction of sp³-hybridized carbons (Fsp3) is 0.238. The minimum atomic E-state index is -0.0381. The molecule has 128 valence electrons. The van der Waals surface area contributed by atoms with Gasteiger partial charge >= 0.3 is 0 Å². The first-order valence-electron chi connectivity index (χ1n) is 8.51. The fourth-order valence-corrected chi connectivity index (χ4v) is 3.12. The number of aromatic nitrogens is 2. The number of carbonyl (C=O) groups excluding carboxylic acids is 1. The van der Waals surface area contributed by atoms with Crippen LogP contribution in [0.15, 0.2) is 54.7 Å². The Labute approximate surface area is 148 Å². The molecular weight excluding hydrogens is 310 g/mol. The van der Waals surface area contributed by atoms with Gasteiger partial charge in [0.2, 0.25) is 0 Å². The molecule has 0 fully saturated rings. The summed E-state index contributed by atoms with van der Waals surface area (Å²) in [6.45, 7) is 6.68. The Kier molecular flexibility index (Phi) is 4.98. The van der Waals surface area contributed by atoms with Gasteiger partial charge < -0.3 is 9.88 Å². The maximum Gasteiger partial charge on any atom is 0.253 e. The number of hydrogen-bond acceptors (Lipinski definition) is 2. The van der Waals surface area contributed by atoms with Gasteiger partial charge in [-0.25, -0.2) is 0 Å². The molecular formula is C21H23N3O. The van der Waals surface area contributed by atoms with Gasteiger partial charge in [-0.2, -0.15) is 0 Å². The molecule has 4 nitrogen and oxygen atoms in total. The van der Waals surface area contributed by atoms with Crippen molar-refractivity contribution in [3.05, 3.63) is 82.9 Å². The summed E-state index contributed by atoms with van der Waals surface area (Å²) < 4.78 is 2.14. The molecule has 3 rings (SSSR count). The summed E-state index contributed by atoms with van der Waals surface area (Å²) in [4.78, 5) is 16.9. The summed E-state index contributed by atoms with van der Waals surface area (Å²) in [7, 11) is 0. The number of benzene rings is 1. The lowest BCUT2D eigenvalue weighted by molar-refractivity contribution is 0.0953. The Bertz CT molecular complexity index is 881. The Morgan fingerprint density at radius 1 is 1.08 bits per heavy atom. The van der Waals surface area contributed by atoms with Crippen LogP contribution in [0.4, 0.5) is 0 Å². The molecule has 3 aromatic rings. The monoisotopic (exact) mass is 333 g/mol. The molecule has 0 aliphatic rings. The minimum Gasteiger partial charge on any atom is -0.352 e. The van der Waals surface area contributed by atoms with Crippen LogP contribution in [0.1, 0.15) is 33.0 Å². The van der Waals surface area contributed by atoms with Crippen LogP contribution in [0.5, 0.6) is 0 Å². The van der Waals surface area contributed by atoms with Crippen molar-refractivity contribution in [1.82, 2.24) is 14.9 Å². The van der Waals surface area contributed by atoms with E-state index in [-0.39, 0.29) is 5.91 Å². The topological polar surface area (TPSA) is 46.9 Å². The maximum absolute atomic E-state index is 12.6. The van der Waals surface area contributed by atoms with E-state index < -0.39 is 0 Å². The summed E-state index contributed by atoms with van der Waals surface area (Å²) in [5.74, 6) is -0.0381. The van der Waals surface area contributed by atoms with Crippen molar-refractivity contribution < 1.29 is 4.79 Å². The highest BCUT2D eigenvalue weighted by Gasteiger charge is 2.17. The van der Waals surface area contributed by atoms with Gasteiger partial charge in [0.05, 0.1) is 5.56 Å². The van der Waals surface area contributed by atoms with Crippen LogP contribution >= 0.6 is 0 Å². The van der Waals surface area contributed by atoms with Crippen molar-refractivity contribution in [3.8, 4) is 5.69 Å². The number of aryl methyl sites for hydroxylation is 2. The third-order valence-corrected chi connectivity index (χ3v) is 4.42. The van der Waals surface area contributed by atoms with Crippen molar-refractivity contribution in [1.29, 1.82) is 0 Å². The Morgan fingerprint density at radius 3 is 2.56 bits per heavy atom. The molecule has 0 radical (unpaired) electrons. The molecule has 25 heavy (non-hydrogen) atoms. The van der Waals surface area contributed by atoms with Crippen molar-refractivity contribution in [3.63, 3.8) is 0 Å². The average molecular weight is 333 g/mol. The lowest BCUT2D eigenvalue weighted by Crippen LogP contribution is -2.26. The van der Waals surface area contributed by atoms with Gasteiger partial charge in [0.25, 0.3) is 5.91 Å². The molecule has 1 N–H and O–H groups in total. The third kappa shape index (κ3) is 3.63. The number of rotatable bonds is 5. The molecule has 0 spiro atoms. The first-order valence-corrected chi connectivity index (χ1v) is 8.51. The van der Waals surface area contributed by atoms with Crippen molar-refractivity contribution in [2.24, 2.45) is 0 Å². The predicted molar refractivity (Wildman–Crippen MR) is 100 cm³/mol.